The van der Waals surface area contributed by atoms with E-state index in [1.54, 1.807) is 92.0 Å². The molecule has 26 heteroatoms. The van der Waals surface area contributed by atoms with Gasteiger partial charge in [-0.25, -0.2) is 39.0 Å². The average molecular weight is 1760 g/mol. The molecule has 0 atom stereocenters. The third-order valence-electron chi connectivity index (χ3n) is 23.4. The Balaban J connectivity index is 0.000000108. The number of aromatic nitrogens is 7. The molecule has 2 amide bonds. The summed E-state index contributed by atoms with van der Waals surface area (Å²) in [6, 6.07) is 91.6. The lowest BCUT2D eigenvalue weighted by molar-refractivity contribution is 0.0754. The molecule has 0 saturated heterocycles. The summed E-state index contributed by atoms with van der Waals surface area (Å²) in [5.41, 5.74) is 19.3. The molecule has 11 heterocycles. The summed E-state index contributed by atoms with van der Waals surface area (Å²) in [6.07, 6.45) is 13.6. The van der Waals surface area contributed by atoms with Crippen LogP contribution in [-0.4, -0.2) is 93.6 Å². The van der Waals surface area contributed by atoms with Gasteiger partial charge in [-0.2, -0.15) is 18.0 Å². The second-order valence-electron chi connectivity index (χ2n) is 32.1. The van der Waals surface area contributed by atoms with E-state index < -0.39 is 30.1 Å². The van der Waals surface area contributed by atoms with Crippen molar-refractivity contribution >= 4 is 63.7 Å². The number of amides is 2. The number of oxazole rings is 1. The lowest BCUT2D eigenvalue weighted by Crippen LogP contribution is -2.24. The Labute approximate surface area is 740 Å². The molecule has 21 nitrogen and oxygen atoms in total. The monoisotopic (exact) mass is 1760 g/mol. The largest absolute Gasteiger partial charge is 0.441 e. The molecule has 0 spiro atoms. The van der Waals surface area contributed by atoms with E-state index in [2.05, 4.69) is 54.9 Å². The highest BCUT2D eigenvalue weighted by atomic mass is 32.2. The molecular weight excluding hydrogens is 1670 g/mol. The number of rotatable bonds is 16. The second-order valence-corrected chi connectivity index (χ2v) is 37.8. The topological polar surface area (TPSA) is 232 Å². The summed E-state index contributed by atoms with van der Waals surface area (Å²) in [4.78, 5) is 42.0. The zero-order valence-corrected chi connectivity index (χ0v) is 72.5. The van der Waals surface area contributed by atoms with Gasteiger partial charge in [0.15, 0.2) is 0 Å². The van der Waals surface area contributed by atoms with Gasteiger partial charge >= 0.3 is 0 Å². The van der Waals surface area contributed by atoms with Crippen molar-refractivity contribution in [1.82, 2.24) is 56.6 Å². The number of hydrogen-bond acceptors (Lipinski definition) is 13. The molecule has 6 aromatic heterocycles. The van der Waals surface area contributed by atoms with Crippen LogP contribution in [0.25, 0.3) is 61.2 Å². The molecule has 128 heavy (non-hydrogen) atoms. The minimum Gasteiger partial charge on any atom is -0.441 e. The molecule has 0 bridgehead atoms. The van der Waals surface area contributed by atoms with Gasteiger partial charge in [-0.3, -0.25) is 24.2 Å². The molecule has 640 valence electrons. The van der Waals surface area contributed by atoms with Gasteiger partial charge in [0.25, 0.3) is 11.8 Å². The summed E-state index contributed by atoms with van der Waals surface area (Å²) < 4.78 is 121. The van der Waals surface area contributed by atoms with Crippen LogP contribution < -0.4 is 0 Å². The summed E-state index contributed by atoms with van der Waals surface area (Å²) in [5.74, 6) is 0.409. The van der Waals surface area contributed by atoms with Crippen molar-refractivity contribution in [3.63, 3.8) is 0 Å². The van der Waals surface area contributed by atoms with E-state index in [0.717, 1.165) is 112 Å². The zero-order valence-electron chi connectivity index (χ0n) is 70.1. The number of halogens is 2. The maximum atomic E-state index is 14.8. The highest BCUT2D eigenvalue weighted by molar-refractivity contribution is 7.90. The zero-order chi connectivity index (χ0) is 88.4. The van der Waals surface area contributed by atoms with Crippen molar-refractivity contribution in [2.24, 2.45) is 14.1 Å². The van der Waals surface area contributed by atoms with Crippen LogP contribution >= 0.6 is 0 Å². The first-order chi connectivity index (χ1) is 62.0. The van der Waals surface area contributed by atoms with E-state index >= 15 is 0 Å². The van der Waals surface area contributed by atoms with Crippen molar-refractivity contribution < 1.29 is 48.0 Å². The van der Waals surface area contributed by atoms with Crippen LogP contribution in [0, 0.1) is 18.6 Å². The SMILES string of the molecule is Cc1cnc(-c2ccc(CN3Cc4ccccc4S3(=O)=O)cc2)o1.Cn1ccc2cc(-c3ccc(CN4Cc5cccnc5C4=O)c(F)c3)ccc21.Cn1ncc2ccc(-c3ccc(CN4Cc5cccnc5C4=O)c(F)c3)cc21.O=S1(=O)c2ccccc2CN1Cc1ccc(-n2cccc2)cc1.O=S1(=O)c2ccccc2CN1Cc1ccc(Cc2ccccc2)cc1. The Hall–Kier alpha value is -14.3. The average Bonchev–Trinajstić information content (AvgIpc) is 1.64. The van der Waals surface area contributed by atoms with Gasteiger partial charge in [0.05, 0.1) is 32.6 Å². The van der Waals surface area contributed by atoms with E-state index in [1.807, 2.05) is 251 Å². The molecule has 0 radical (unpaired) electrons. The third-order valence-corrected chi connectivity index (χ3v) is 29.1. The number of benzene rings is 11. The molecule has 17 aromatic rings. The molecule has 5 aliphatic heterocycles. The van der Waals surface area contributed by atoms with E-state index in [-0.39, 0.29) is 36.5 Å². The molecule has 11 aromatic carbocycles. The van der Waals surface area contributed by atoms with Gasteiger partial charge in [-0.05, 0) is 183 Å². The number of sulfonamides is 3. The van der Waals surface area contributed by atoms with Crippen molar-refractivity contribution in [3.8, 4) is 39.4 Å². The van der Waals surface area contributed by atoms with Crippen molar-refractivity contribution in [1.29, 1.82) is 0 Å². The summed E-state index contributed by atoms with van der Waals surface area (Å²) in [5, 5.41) is 6.41. The van der Waals surface area contributed by atoms with Crippen LogP contribution in [0.3, 0.4) is 0 Å². The van der Waals surface area contributed by atoms with Gasteiger partial charge in [0, 0.05) is 160 Å². The Morgan fingerprint density at radius 2 is 0.797 bits per heavy atom. The van der Waals surface area contributed by atoms with Crippen LogP contribution in [0.15, 0.2) is 354 Å². The van der Waals surface area contributed by atoms with E-state index in [9.17, 15) is 43.6 Å². The van der Waals surface area contributed by atoms with Crippen LogP contribution in [0.4, 0.5) is 8.78 Å². The molecular formula is C102H86F2N12O9S3. The predicted octanol–water partition coefficient (Wildman–Crippen LogP) is 19.0. The molecule has 0 aliphatic carbocycles. The summed E-state index contributed by atoms with van der Waals surface area (Å²) in [6.45, 7) is 5.69. The van der Waals surface area contributed by atoms with E-state index in [4.69, 9.17) is 4.42 Å². The molecule has 22 rings (SSSR count). The fourth-order valence-corrected chi connectivity index (χ4v) is 21.4. The lowest BCUT2D eigenvalue weighted by atomic mass is 10.0. The maximum Gasteiger partial charge on any atom is 0.273 e. The van der Waals surface area contributed by atoms with Crippen molar-refractivity contribution in [3.05, 3.63) is 430 Å². The van der Waals surface area contributed by atoms with Gasteiger partial charge < -0.3 is 23.4 Å². The predicted molar refractivity (Wildman–Crippen MR) is 487 cm³/mol. The second kappa shape index (κ2) is 36.0. The first-order valence-corrected chi connectivity index (χ1v) is 45.9. The quantitative estimate of drug-likeness (QED) is 0.0877. The molecule has 0 fully saturated rings. The van der Waals surface area contributed by atoms with Crippen LogP contribution in [-0.2, 0) is 116 Å². The maximum absolute atomic E-state index is 14.8. The minimum absolute atomic E-state index is 0.145. The van der Waals surface area contributed by atoms with Gasteiger partial charge in [-0.1, -0.05) is 188 Å². The Morgan fingerprint density at radius 1 is 0.367 bits per heavy atom. The van der Waals surface area contributed by atoms with Gasteiger partial charge in [0.1, 0.15) is 28.8 Å². The fourth-order valence-electron chi connectivity index (χ4n) is 16.6. The normalized spacial score (nSPS) is 14.9. The first-order valence-electron chi connectivity index (χ1n) is 41.6. The van der Waals surface area contributed by atoms with Crippen LogP contribution in [0.5, 0.6) is 0 Å². The standard InChI is InChI=1S/C23H18FN3O.C22H17FN4O.C21H19NO2S.C18H16N2O3S.C18H16N2O2S/c1-26-10-8-17-11-15(6-7-21(17)26)16-4-5-18(20(24)12-16)13-27-14-19-3-2-9-25-22(19)23(27)28;1-26-20-10-15(4-6-16(20)11-25-26)14-5-7-17(19(23)9-14)12-27-13-18-3-2-8-24-21(18)22(27)28;23-25(24)21-9-5-4-8-20(21)16-22(25)15-19-12-10-18(11-13-19)14-17-6-2-1-3-7-17;1-13-10-19-18(23-13)15-8-6-14(7-9-15)11-20-12-16-4-2-3-5-17(16)24(20,21)22;21-23(22)18-6-2-1-5-16(18)14-20(23)13-15-7-9-17(10-8-15)19-11-3-4-12-19/h2-12H,13-14H2,1H3;2-11H,12-13H2,1H3;1-13H,14-16H2;2-10H,11-12H2,1H3;1-12H,13-14H2. The van der Waals surface area contributed by atoms with Gasteiger partial charge in [0.2, 0.25) is 36.0 Å². The summed E-state index contributed by atoms with van der Waals surface area (Å²) >= 11 is 0. The number of nitrogens with zero attached hydrogens (tertiary/aromatic N) is 12. The van der Waals surface area contributed by atoms with E-state index in [1.165, 1.54) is 25.8 Å². The first kappa shape index (κ1) is 84.6. The smallest absolute Gasteiger partial charge is 0.273 e. The van der Waals surface area contributed by atoms with Crippen LogP contribution in [0.1, 0.15) is 93.5 Å². The van der Waals surface area contributed by atoms with Crippen molar-refractivity contribution in [2.45, 2.75) is 93.5 Å². The number of carbonyl (C=O) groups excluding carboxylic acids is 2. The lowest BCUT2D eigenvalue weighted by Gasteiger charge is -2.16. The molecule has 0 unspecified atom stereocenters. The van der Waals surface area contributed by atoms with Crippen molar-refractivity contribution in [2.75, 3.05) is 0 Å². The minimum atomic E-state index is -3.40. The molecule has 0 saturated carbocycles. The number of fused-ring (bicyclic) bond motifs is 7. The number of hydrogen-bond donors (Lipinski definition) is 0. The highest BCUT2D eigenvalue weighted by Gasteiger charge is 2.38. The van der Waals surface area contributed by atoms with Gasteiger partial charge in [-0.15, -0.1) is 0 Å². The highest BCUT2D eigenvalue weighted by Crippen LogP contribution is 2.37. The molecule has 5 aliphatic rings. The third kappa shape index (κ3) is 17.9. The number of pyridine rings is 2. The number of carbonyl (C=O) groups is 2. The Bertz CT molecular complexity index is 7400. The Kier molecular flexibility index (Phi) is 23.8. The number of aryl methyl sites for hydroxylation is 3. The van der Waals surface area contributed by atoms with Crippen LogP contribution in [0.2, 0.25) is 0 Å². The van der Waals surface area contributed by atoms with E-state index in [0.29, 0.717) is 95.4 Å². The molecule has 0 N–H and O–H groups in total. The summed E-state index contributed by atoms with van der Waals surface area (Å²) in [7, 11) is -6.25. The fraction of sp³-hybridized carbons (Fsp3) is 0.137. The Morgan fingerprint density at radius 3 is 1.28 bits per heavy atom.